The second kappa shape index (κ2) is 3.16. The summed E-state index contributed by atoms with van der Waals surface area (Å²) in [7, 11) is 0. The van der Waals surface area contributed by atoms with Gasteiger partial charge in [-0.25, -0.2) is 4.79 Å². The molecule has 4 nitrogen and oxygen atoms in total. The van der Waals surface area contributed by atoms with Crippen molar-refractivity contribution in [3.05, 3.63) is 35.9 Å². The molecule has 4 heteroatoms. The quantitative estimate of drug-likeness (QED) is 0.617. The lowest BCUT2D eigenvalue weighted by Gasteiger charge is -2.06. The molecule has 0 saturated heterocycles. The Bertz CT molecular complexity index is 549. The zero-order chi connectivity index (χ0) is 11.0. The Balaban J connectivity index is 2.96. The van der Waals surface area contributed by atoms with E-state index in [1.165, 1.54) is 12.1 Å². The minimum absolute atomic E-state index is 0.0299. The Morgan fingerprint density at radius 1 is 1.20 bits per heavy atom. The number of carboxylic acid groups (broad SMARTS) is 1. The van der Waals surface area contributed by atoms with Crippen molar-refractivity contribution >= 4 is 22.4 Å². The van der Waals surface area contributed by atoms with Gasteiger partial charge in [-0.15, -0.1) is 0 Å². The summed E-state index contributed by atoms with van der Waals surface area (Å²) < 4.78 is 0. The lowest BCUT2D eigenvalue weighted by atomic mass is 10.0. The maximum absolute atomic E-state index is 10.9. The van der Waals surface area contributed by atoms with Crippen LogP contribution in [-0.2, 0) is 0 Å². The molecule has 0 aliphatic heterocycles. The third kappa shape index (κ3) is 1.36. The molecule has 0 amide bonds. The van der Waals surface area contributed by atoms with Gasteiger partial charge in [-0.1, -0.05) is 12.1 Å². The summed E-state index contributed by atoms with van der Waals surface area (Å²) in [6.45, 7) is 0. The molecule has 4 N–H and O–H groups in total. The number of fused-ring (bicyclic) bond motifs is 1. The van der Waals surface area contributed by atoms with Gasteiger partial charge in [-0.3, -0.25) is 0 Å². The fourth-order valence-corrected chi connectivity index (χ4v) is 1.60. The Morgan fingerprint density at radius 2 is 1.93 bits per heavy atom. The maximum atomic E-state index is 10.9. The molecule has 0 radical (unpaired) electrons. The molecule has 0 aromatic heterocycles. The molecule has 0 fully saturated rings. The van der Waals surface area contributed by atoms with Crippen LogP contribution >= 0.6 is 0 Å². The highest BCUT2D eigenvalue weighted by molar-refractivity contribution is 6.10. The van der Waals surface area contributed by atoms with Crippen LogP contribution in [0, 0.1) is 0 Å². The Hall–Kier alpha value is -2.23. The summed E-state index contributed by atoms with van der Waals surface area (Å²) in [6, 6.07) is 7.60. The van der Waals surface area contributed by atoms with E-state index in [2.05, 4.69) is 0 Å². The van der Waals surface area contributed by atoms with Crippen LogP contribution in [0.25, 0.3) is 10.8 Å². The number of aromatic carboxylic acids is 1. The Kier molecular flexibility index (Phi) is 1.97. The molecule has 2 rings (SSSR count). The summed E-state index contributed by atoms with van der Waals surface area (Å²) in [5.41, 5.74) is 6.14. The number of carbonyl (C=O) groups is 1. The van der Waals surface area contributed by atoms with Gasteiger partial charge < -0.3 is 15.9 Å². The van der Waals surface area contributed by atoms with E-state index < -0.39 is 5.97 Å². The number of nitrogen functional groups attached to an aromatic ring is 1. The van der Waals surface area contributed by atoms with E-state index in [1.54, 1.807) is 18.2 Å². The van der Waals surface area contributed by atoms with E-state index >= 15 is 0 Å². The van der Waals surface area contributed by atoms with Crippen molar-refractivity contribution in [1.29, 1.82) is 0 Å². The van der Waals surface area contributed by atoms with Crippen molar-refractivity contribution in [1.82, 2.24) is 0 Å². The highest BCUT2D eigenvalue weighted by Crippen LogP contribution is 2.31. The van der Waals surface area contributed by atoms with E-state index in [4.69, 9.17) is 10.8 Å². The number of hydrogen-bond donors (Lipinski definition) is 3. The van der Waals surface area contributed by atoms with Gasteiger partial charge in [0.05, 0.1) is 5.56 Å². The molecule has 0 bridgehead atoms. The van der Waals surface area contributed by atoms with Gasteiger partial charge in [0, 0.05) is 16.5 Å². The SMILES string of the molecule is Nc1cccc2c(O)ccc(C(=O)O)c12. The van der Waals surface area contributed by atoms with Gasteiger partial charge >= 0.3 is 5.97 Å². The van der Waals surface area contributed by atoms with Crippen LogP contribution < -0.4 is 5.73 Å². The van der Waals surface area contributed by atoms with E-state index in [9.17, 15) is 9.90 Å². The van der Waals surface area contributed by atoms with E-state index in [-0.39, 0.29) is 11.3 Å². The summed E-state index contributed by atoms with van der Waals surface area (Å²) >= 11 is 0. The average molecular weight is 203 g/mol. The maximum Gasteiger partial charge on any atom is 0.336 e. The summed E-state index contributed by atoms with van der Waals surface area (Å²) in [4.78, 5) is 10.9. The molecule has 0 spiro atoms. The number of hydrogen-bond acceptors (Lipinski definition) is 3. The topological polar surface area (TPSA) is 83.5 Å². The van der Waals surface area contributed by atoms with Crippen molar-refractivity contribution in [3.8, 4) is 5.75 Å². The molecule has 0 heterocycles. The van der Waals surface area contributed by atoms with Gasteiger partial charge in [-0.2, -0.15) is 0 Å². The third-order valence-corrected chi connectivity index (χ3v) is 2.28. The average Bonchev–Trinajstić information content (AvgIpc) is 2.19. The molecule has 15 heavy (non-hydrogen) atoms. The van der Waals surface area contributed by atoms with Gasteiger partial charge in [0.15, 0.2) is 0 Å². The zero-order valence-electron chi connectivity index (χ0n) is 7.77. The molecule has 76 valence electrons. The fraction of sp³-hybridized carbons (Fsp3) is 0. The van der Waals surface area contributed by atoms with Crippen molar-refractivity contribution in [2.24, 2.45) is 0 Å². The number of benzene rings is 2. The monoisotopic (exact) mass is 203 g/mol. The minimum atomic E-state index is -1.06. The smallest absolute Gasteiger partial charge is 0.336 e. The molecule has 0 aliphatic carbocycles. The number of phenols is 1. The van der Waals surface area contributed by atoms with Gasteiger partial charge in [-0.05, 0) is 18.2 Å². The highest BCUT2D eigenvalue weighted by Gasteiger charge is 2.12. The number of anilines is 1. The first kappa shape index (κ1) is 9.33. The number of aromatic hydroxyl groups is 1. The molecule has 2 aromatic rings. The van der Waals surface area contributed by atoms with Crippen LogP contribution in [0.3, 0.4) is 0 Å². The number of phenolic OH excluding ortho intramolecular Hbond substituents is 1. The van der Waals surface area contributed by atoms with E-state index in [0.29, 0.717) is 16.5 Å². The standard InChI is InChI=1S/C11H9NO3/c12-8-3-1-2-6-9(13)5-4-7(10(6)8)11(14)15/h1-5,13H,12H2,(H,14,15). The van der Waals surface area contributed by atoms with Gasteiger partial charge in [0.1, 0.15) is 5.75 Å². The van der Waals surface area contributed by atoms with Crippen LogP contribution in [0.15, 0.2) is 30.3 Å². The van der Waals surface area contributed by atoms with Gasteiger partial charge in [0.2, 0.25) is 0 Å². The summed E-state index contributed by atoms with van der Waals surface area (Å²) in [5, 5.41) is 19.3. The largest absolute Gasteiger partial charge is 0.507 e. The minimum Gasteiger partial charge on any atom is -0.507 e. The van der Waals surface area contributed by atoms with Crippen molar-refractivity contribution < 1.29 is 15.0 Å². The van der Waals surface area contributed by atoms with Crippen LogP contribution in [-0.4, -0.2) is 16.2 Å². The van der Waals surface area contributed by atoms with Crippen LogP contribution in [0.5, 0.6) is 5.75 Å². The van der Waals surface area contributed by atoms with E-state index in [0.717, 1.165) is 0 Å². The zero-order valence-corrected chi connectivity index (χ0v) is 7.77. The molecule has 0 atom stereocenters. The Morgan fingerprint density at radius 3 is 2.60 bits per heavy atom. The van der Waals surface area contributed by atoms with Crippen LogP contribution in [0.2, 0.25) is 0 Å². The predicted octanol–water partition coefficient (Wildman–Crippen LogP) is 1.83. The van der Waals surface area contributed by atoms with Crippen molar-refractivity contribution in [3.63, 3.8) is 0 Å². The van der Waals surface area contributed by atoms with Gasteiger partial charge in [0.25, 0.3) is 0 Å². The predicted molar refractivity (Wildman–Crippen MR) is 57.0 cm³/mol. The lowest BCUT2D eigenvalue weighted by Crippen LogP contribution is -1.99. The van der Waals surface area contributed by atoms with Crippen LogP contribution in [0.4, 0.5) is 5.69 Å². The molecule has 0 aliphatic rings. The lowest BCUT2D eigenvalue weighted by molar-refractivity contribution is 0.0699. The third-order valence-electron chi connectivity index (χ3n) is 2.28. The van der Waals surface area contributed by atoms with E-state index in [1.807, 2.05) is 0 Å². The first-order chi connectivity index (χ1) is 7.11. The second-order valence-corrected chi connectivity index (χ2v) is 3.21. The Labute approximate surface area is 85.6 Å². The first-order valence-corrected chi connectivity index (χ1v) is 4.34. The number of nitrogens with two attached hydrogens (primary N) is 1. The number of carboxylic acids is 1. The first-order valence-electron chi connectivity index (χ1n) is 4.34. The second-order valence-electron chi connectivity index (χ2n) is 3.21. The molecule has 2 aromatic carbocycles. The molecule has 0 saturated carbocycles. The van der Waals surface area contributed by atoms with Crippen molar-refractivity contribution in [2.75, 3.05) is 5.73 Å². The molecular formula is C11H9NO3. The molecular weight excluding hydrogens is 194 g/mol. The number of rotatable bonds is 1. The fourth-order valence-electron chi connectivity index (χ4n) is 1.60. The normalized spacial score (nSPS) is 10.4. The van der Waals surface area contributed by atoms with Crippen molar-refractivity contribution in [2.45, 2.75) is 0 Å². The highest BCUT2D eigenvalue weighted by atomic mass is 16.4. The summed E-state index contributed by atoms with van der Waals surface area (Å²) in [5.74, 6) is -1.03. The summed E-state index contributed by atoms with van der Waals surface area (Å²) in [6.07, 6.45) is 0. The van der Waals surface area contributed by atoms with Crippen LogP contribution in [0.1, 0.15) is 10.4 Å². The molecule has 0 unspecified atom stereocenters.